The van der Waals surface area contributed by atoms with Gasteiger partial charge in [-0.25, -0.2) is 0 Å². The quantitative estimate of drug-likeness (QED) is 0.676. The fourth-order valence-electron chi connectivity index (χ4n) is 1.14. The Bertz CT molecular complexity index is 345. The summed E-state index contributed by atoms with van der Waals surface area (Å²) in [5, 5.41) is 22.9. The van der Waals surface area contributed by atoms with Crippen molar-refractivity contribution in [3.05, 3.63) is 18.2 Å². The third-order valence-electron chi connectivity index (χ3n) is 1.82. The number of ether oxygens (including phenoxy) is 5. The van der Waals surface area contributed by atoms with Crippen molar-refractivity contribution in [2.24, 2.45) is 0 Å². The molecule has 0 spiro atoms. The molecule has 0 unspecified atom stereocenters. The Morgan fingerprint density at radius 2 is 1.18 bits per heavy atom. The highest BCUT2D eigenvalue weighted by molar-refractivity contribution is 5.50. The zero-order chi connectivity index (χ0) is 17.6. The molecule has 0 saturated heterocycles. The molecule has 130 valence electrons. The number of hydrogen-bond donors (Lipinski definition) is 3. The van der Waals surface area contributed by atoms with E-state index in [-0.39, 0.29) is 0 Å². The van der Waals surface area contributed by atoms with Crippen LogP contribution in [0.15, 0.2) is 18.2 Å². The van der Waals surface area contributed by atoms with Crippen molar-refractivity contribution >= 4 is 0 Å². The topological polar surface area (TPSA) is 107 Å². The Kier molecular flexibility index (Phi) is 13.5. The molecule has 8 nitrogen and oxygen atoms in total. The minimum Gasteiger partial charge on any atom is -0.493 e. The van der Waals surface area contributed by atoms with Crippen LogP contribution in [0.2, 0.25) is 0 Å². The maximum absolute atomic E-state index is 7.63. The monoisotopic (exact) mass is 322 g/mol. The smallest absolute Gasteiger partial charge is 0.272 e. The van der Waals surface area contributed by atoms with Crippen LogP contribution in [-0.2, 0) is 9.47 Å². The van der Waals surface area contributed by atoms with E-state index in [1.807, 2.05) is 18.2 Å². The van der Waals surface area contributed by atoms with E-state index in [4.69, 9.17) is 29.5 Å². The zero-order valence-electron chi connectivity index (χ0n) is 13.8. The van der Waals surface area contributed by atoms with Crippen molar-refractivity contribution in [2.45, 2.75) is 12.9 Å². The van der Waals surface area contributed by atoms with Gasteiger partial charge in [0.15, 0.2) is 11.5 Å². The van der Waals surface area contributed by atoms with Crippen LogP contribution in [-0.4, -0.2) is 63.6 Å². The lowest BCUT2D eigenvalue weighted by molar-refractivity contribution is -0.297. The summed E-state index contributed by atoms with van der Waals surface area (Å²) in [4.78, 5) is 0. The van der Waals surface area contributed by atoms with Crippen molar-refractivity contribution in [1.82, 2.24) is 0 Å². The van der Waals surface area contributed by atoms with Gasteiger partial charge >= 0.3 is 0 Å². The van der Waals surface area contributed by atoms with Gasteiger partial charge in [0.2, 0.25) is 5.75 Å². The van der Waals surface area contributed by atoms with Gasteiger partial charge in [0.1, 0.15) is 6.79 Å². The first-order valence-electron chi connectivity index (χ1n) is 6.15. The summed E-state index contributed by atoms with van der Waals surface area (Å²) in [7, 11) is 7.95. The largest absolute Gasteiger partial charge is 0.493 e. The van der Waals surface area contributed by atoms with E-state index >= 15 is 0 Å². The van der Waals surface area contributed by atoms with Gasteiger partial charge in [0, 0.05) is 21.1 Å². The Morgan fingerprint density at radius 1 is 0.818 bits per heavy atom. The van der Waals surface area contributed by atoms with Crippen LogP contribution in [0, 0.1) is 0 Å². The van der Waals surface area contributed by atoms with Crippen LogP contribution in [0.25, 0.3) is 0 Å². The molecular formula is C14H26O8. The molecule has 1 aromatic carbocycles. The van der Waals surface area contributed by atoms with Crippen LogP contribution < -0.4 is 14.2 Å². The summed E-state index contributed by atoms with van der Waals surface area (Å²) < 4.78 is 24.2. The molecule has 0 radical (unpaired) electrons. The predicted molar refractivity (Wildman–Crippen MR) is 80.0 cm³/mol. The summed E-state index contributed by atoms with van der Waals surface area (Å²) in [6.07, 6.45) is 0. The van der Waals surface area contributed by atoms with Gasteiger partial charge in [0.05, 0.1) is 21.3 Å². The van der Waals surface area contributed by atoms with E-state index in [2.05, 4.69) is 9.47 Å². The molecule has 22 heavy (non-hydrogen) atoms. The number of methoxy groups -OCH3 is 5. The predicted octanol–water partition coefficient (Wildman–Crippen LogP) is 0.586. The molecule has 1 rings (SSSR count). The molecule has 0 heterocycles. The lowest BCUT2D eigenvalue weighted by atomic mass is 10.3. The molecule has 3 N–H and O–H groups in total. The van der Waals surface area contributed by atoms with E-state index in [1.54, 1.807) is 35.5 Å². The lowest BCUT2D eigenvalue weighted by Crippen LogP contribution is -2.20. The number of benzene rings is 1. The molecule has 0 saturated carbocycles. The number of hydrogen-bond acceptors (Lipinski definition) is 8. The van der Waals surface area contributed by atoms with Crippen molar-refractivity contribution in [3.8, 4) is 17.2 Å². The second-order valence-electron chi connectivity index (χ2n) is 3.86. The highest BCUT2D eigenvalue weighted by atomic mass is 16.7. The fourth-order valence-corrected chi connectivity index (χ4v) is 1.14. The number of aliphatic hydroxyl groups is 3. The molecule has 0 aliphatic heterocycles. The van der Waals surface area contributed by atoms with E-state index in [1.165, 1.54) is 0 Å². The summed E-state index contributed by atoms with van der Waals surface area (Å²) in [5.74, 6) is -0.517. The molecule has 0 atom stereocenters. The zero-order valence-corrected chi connectivity index (χ0v) is 13.8. The molecule has 0 aliphatic rings. The second kappa shape index (κ2) is 13.1. The normalized spacial score (nSPS) is 9.68. The van der Waals surface area contributed by atoms with Crippen molar-refractivity contribution in [2.75, 3.05) is 42.3 Å². The summed E-state index contributed by atoms with van der Waals surface area (Å²) in [6.45, 7) is 1.24. The first-order chi connectivity index (χ1) is 10.2. The average Bonchev–Trinajstić information content (AvgIpc) is 2.46. The average molecular weight is 322 g/mol. The second-order valence-corrected chi connectivity index (χ2v) is 3.86. The van der Waals surface area contributed by atoms with Crippen LogP contribution in [0.1, 0.15) is 6.92 Å². The highest BCUT2D eigenvalue weighted by Gasteiger charge is 2.08. The standard InChI is InChI=1S/C9H12O3.C3H8O2.C2H6O3/c1-10-7-5-4-6-8(11-2)9(7)12-3;1-4-3-5-2;1-2(3,4)5/h4-6H,1-3H3;3H2,1-2H3;3-5H,1H3. The first kappa shape index (κ1) is 22.7. The van der Waals surface area contributed by atoms with E-state index in [0.29, 0.717) is 24.0 Å². The Labute approximate surface area is 130 Å². The molecule has 0 fully saturated rings. The van der Waals surface area contributed by atoms with E-state index in [0.717, 1.165) is 6.92 Å². The SMILES string of the molecule is CC(O)(O)O.COCOC.COc1cccc(OC)c1OC. The molecule has 1 aromatic rings. The minimum absolute atomic E-state index is 0.389. The first-order valence-corrected chi connectivity index (χ1v) is 6.15. The van der Waals surface area contributed by atoms with E-state index < -0.39 is 5.97 Å². The molecule has 0 amide bonds. The van der Waals surface area contributed by atoms with Crippen molar-refractivity contribution < 1.29 is 39.0 Å². The minimum atomic E-state index is -2.50. The summed E-state index contributed by atoms with van der Waals surface area (Å²) in [6, 6.07) is 5.49. The summed E-state index contributed by atoms with van der Waals surface area (Å²) >= 11 is 0. The van der Waals surface area contributed by atoms with Gasteiger partial charge in [-0.1, -0.05) is 6.07 Å². The van der Waals surface area contributed by atoms with Crippen molar-refractivity contribution in [3.63, 3.8) is 0 Å². The van der Waals surface area contributed by atoms with Gasteiger partial charge in [-0.2, -0.15) is 0 Å². The van der Waals surface area contributed by atoms with Crippen molar-refractivity contribution in [1.29, 1.82) is 0 Å². The molecule has 8 heteroatoms. The van der Waals surface area contributed by atoms with Crippen LogP contribution >= 0.6 is 0 Å². The van der Waals surface area contributed by atoms with Gasteiger partial charge < -0.3 is 39.0 Å². The van der Waals surface area contributed by atoms with Gasteiger partial charge in [-0.15, -0.1) is 0 Å². The van der Waals surface area contributed by atoms with Crippen LogP contribution in [0.5, 0.6) is 17.2 Å². The lowest BCUT2D eigenvalue weighted by Gasteiger charge is -2.10. The fraction of sp³-hybridized carbons (Fsp3) is 0.571. The highest BCUT2D eigenvalue weighted by Crippen LogP contribution is 2.35. The molecule has 0 aliphatic carbocycles. The molecular weight excluding hydrogens is 296 g/mol. The summed E-state index contributed by atoms with van der Waals surface area (Å²) in [5.41, 5.74) is 0. The number of para-hydroxylation sites is 1. The molecule has 0 bridgehead atoms. The van der Waals surface area contributed by atoms with Gasteiger partial charge in [-0.3, -0.25) is 0 Å². The van der Waals surface area contributed by atoms with Crippen LogP contribution in [0.3, 0.4) is 0 Å². The Balaban J connectivity index is 0. The maximum atomic E-state index is 7.63. The molecule has 0 aromatic heterocycles. The Morgan fingerprint density at radius 3 is 1.36 bits per heavy atom. The third-order valence-corrected chi connectivity index (χ3v) is 1.82. The maximum Gasteiger partial charge on any atom is 0.272 e. The van der Waals surface area contributed by atoms with Gasteiger partial charge in [0.25, 0.3) is 5.97 Å². The van der Waals surface area contributed by atoms with Gasteiger partial charge in [-0.05, 0) is 12.1 Å². The third kappa shape index (κ3) is 13.4. The van der Waals surface area contributed by atoms with E-state index in [9.17, 15) is 0 Å². The number of rotatable bonds is 5. The van der Waals surface area contributed by atoms with Crippen LogP contribution in [0.4, 0.5) is 0 Å². The Hall–Kier alpha value is -1.58.